The Morgan fingerprint density at radius 2 is 1.09 bits per heavy atom. The van der Waals surface area contributed by atoms with Crippen molar-refractivity contribution in [2.24, 2.45) is 40.9 Å². The molecule has 6 fully saturated rings. The van der Waals surface area contributed by atoms with Crippen LogP contribution in [-0.4, -0.2) is 48.1 Å². The summed E-state index contributed by atoms with van der Waals surface area (Å²) in [6, 6.07) is -0.0715. The van der Waals surface area contributed by atoms with Crippen molar-refractivity contribution < 1.29 is 14.4 Å². The molecule has 0 radical (unpaired) electrons. The van der Waals surface area contributed by atoms with E-state index in [-0.39, 0.29) is 37.7 Å². The molecule has 6 saturated carbocycles. The monoisotopic (exact) mass is 786 g/mol. The molecule has 2 aromatic rings. The molecule has 2 aromatic heterocycles. The minimum Gasteiger partial charge on any atom is -0.368 e. The number of carbonyl (C=O) groups excluding carboxylic acids is 3. The van der Waals surface area contributed by atoms with E-state index in [4.69, 9.17) is 17.2 Å². The molecule has 0 unspecified atom stereocenters. The van der Waals surface area contributed by atoms with Crippen LogP contribution >= 0.6 is 12.4 Å². The number of hydrogen-bond acceptors (Lipinski definition) is 8. The predicted molar refractivity (Wildman–Crippen MR) is 218 cm³/mol. The lowest BCUT2D eigenvalue weighted by Crippen LogP contribution is -2.34. The van der Waals surface area contributed by atoms with Crippen LogP contribution in [0.3, 0.4) is 0 Å². The number of halogens is 1. The van der Waals surface area contributed by atoms with Crippen molar-refractivity contribution in [3.63, 3.8) is 0 Å². The van der Waals surface area contributed by atoms with E-state index in [0.29, 0.717) is 17.8 Å². The molecule has 2 heterocycles. The average Bonchev–Trinajstić information content (AvgIpc) is 4.10. The summed E-state index contributed by atoms with van der Waals surface area (Å²) in [5, 5.41) is 17.1. The van der Waals surface area contributed by atoms with E-state index in [2.05, 4.69) is 26.8 Å². The van der Waals surface area contributed by atoms with Crippen LogP contribution < -0.4 is 17.2 Å². The van der Waals surface area contributed by atoms with Gasteiger partial charge < -0.3 is 22.0 Å². The summed E-state index contributed by atoms with van der Waals surface area (Å²) in [5.41, 5.74) is 18.0. The predicted octanol–water partition coefficient (Wildman–Crippen LogP) is 7.93. The first kappa shape index (κ1) is 44.8. The van der Waals surface area contributed by atoms with Gasteiger partial charge in [-0.15, -0.1) is 22.6 Å². The molecule has 0 spiro atoms. The molecular formula is C42H72ClN9O3. The second-order valence-corrected chi connectivity index (χ2v) is 17.5. The third-order valence-corrected chi connectivity index (χ3v) is 13.8. The second-order valence-electron chi connectivity index (χ2n) is 17.5. The molecule has 310 valence electrons. The number of hydrogen-bond donors (Lipinski definition) is 3. The topological polar surface area (TPSA) is 191 Å². The number of aromatic nitrogens is 6. The maximum atomic E-state index is 11.8. The van der Waals surface area contributed by atoms with Gasteiger partial charge in [0.2, 0.25) is 11.8 Å². The molecule has 13 heteroatoms. The number of aldehydes is 1. The summed E-state index contributed by atoms with van der Waals surface area (Å²) in [6.45, 7) is 0. The fourth-order valence-electron chi connectivity index (χ4n) is 9.77. The third kappa shape index (κ3) is 11.4. The fraction of sp³-hybridized carbons (Fsp3) is 0.833. The van der Waals surface area contributed by atoms with Crippen molar-refractivity contribution in [1.82, 2.24) is 30.0 Å². The van der Waals surface area contributed by atoms with Gasteiger partial charge in [0.15, 0.2) is 0 Å². The van der Waals surface area contributed by atoms with Gasteiger partial charge in [0.05, 0.1) is 23.6 Å². The van der Waals surface area contributed by atoms with Crippen molar-refractivity contribution in [3.8, 4) is 0 Å². The normalized spacial score (nSPS) is 23.5. The lowest BCUT2D eigenvalue weighted by atomic mass is 9.74. The summed E-state index contributed by atoms with van der Waals surface area (Å²) in [6.07, 6.45) is 36.7. The molecule has 2 amide bonds. The first-order valence-corrected chi connectivity index (χ1v) is 21.4. The average molecular weight is 787 g/mol. The fourth-order valence-corrected chi connectivity index (χ4v) is 9.77. The Morgan fingerprint density at radius 3 is 1.53 bits per heavy atom. The molecule has 0 saturated heterocycles. The molecule has 6 N–H and O–H groups in total. The molecule has 6 aliphatic rings. The quantitative estimate of drug-likeness (QED) is 0.181. The van der Waals surface area contributed by atoms with Gasteiger partial charge in [-0.3, -0.25) is 9.59 Å². The second kappa shape index (κ2) is 21.1. The van der Waals surface area contributed by atoms with Gasteiger partial charge in [-0.1, -0.05) is 108 Å². The Kier molecular flexibility index (Phi) is 17.2. The van der Waals surface area contributed by atoms with Crippen LogP contribution in [0.5, 0.6) is 0 Å². The molecule has 12 nitrogen and oxygen atoms in total. The number of carbonyl (C=O) groups is 3. The Hall–Kier alpha value is -2.86. The zero-order valence-corrected chi connectivity index (χ0v) is 33.4. The van der Waals surface area contributed by atoms with Gasteiger partial charge >= 0.3 is 0 Å². The first-order chi connectivity index (χ1) is 25.8. The molecule has 8 rings (SSSR count). The maximum Gasteiger partial charge on any atom is 0.245 e. The molecule has 0 aliphatic heterocycles. The molecule has 6 aliphatic carbocycles. The minimum atomic E-state index is -0.627. The van der Waals surface area contributed by atoms with Gasteiger partial charge in [0, 0.05) is 18.0 Å². The van der Waals surface area contributed by atoms with Crippen molar-refractivity contribution in [2.45, 2.75) is 197 Å². The standard InChI is InChI=1S/C21H34N4O.C13H21N5O.C7H12O.CH4.ClH/c22-20(26)21(13-14-21)25-15-19(23-24-25)18(17-9-5-2-6-10-17)12-11-16-7-3-1-4-8-16;14-11(9-4-2-1-3-5-9)10-8-18(17-16-10)13(6-7-13)12(15)19;8-6-7-4-2-1-3-5-7;;/h15-18H,1-14H2,(H2,22,26);8-9,11H,1-7,14H2,(H2,15,19);6-7H,1-5H2;1H4;1H/t18-;11-;;;/m00.../s1. The maximum absolute atomic E-state index is 11.8. The Bertz CT molecular complexity index is 1460. The molecule has 2 atom stereocenters. The van der Waals surface area contributed by atoms with Crippen LogP contribution in [0.2, 0.25) is 0 Å². The van der Waals surface area contributed by atoms with E-state index in [1.54, 1.807) is 9.36 Å². The highest BCUT2D eigenvalue weighted by molar-refractivity contribution is 5.86. The van der Waals surface area contributed by atoms with Crippen LogP contribution in [0.15, 0.2) is 12.4 Å². The van der Waals surface area contributed by atoms with Crippen LogP contribution in [0.1, 0.15) is 198 Å². The number of primary amides is 2. The number of rotatable bonds is 12. The minimum absolute atomic E-state index is 0. The SMILES string of the molecule is C.Cl.NC(=O)C1(n2cc([C@@H](CCC3CCCCC3)C3CCCCC3)nn2)CC1.NC(=O)C1(n2cc([C@@H](N)C3CCCCC3)nn2)CC1.O=CC1CCCCC1. The van der Waals surface area contributed by atoms with E-state index in [9.17, 15) is 14.4 Å². The van der Waals surface area contributed by atoms with Crippen molar-refractivity contribution >= 4 is 30.5 Å². The number of nitrogens with zero attached hydrogens (tertiary/aromatic N) is 6. The molecule has 55 heavy (non-hydrogen) atoms. The van der Waals surface area contributed by atoms with Crippen molar-refractivity contribution in [3.05, 3.63) is 23.8 Å². The molecular weight excluding hydrogens is 714 g/mol. The van der Waals surface area contributed by atoms with E-state index < -0.39 is 11.1 Å². The Labute approximate surface area is 336 Å². The van der Waals surface area contributed by atoms with Crippen LogP contribution in [0, 0.1) is 23.7 Å². The van der Waals surface area contributed by atoms with Crippen LogP contribution in [0.4, 0.5) is 0 Å². The highest BCUT2D eigenvalue weighted by Gasteiger charge is 2.53. The number of nitrogens with two attached hydrogens (primary N) is 3. The largest absolute Gasteiger partial charge is 0.368 e. The van der Waals surface area contributed by atoms with Gasteiger partial charge in [0.1, 0.15) is 17.4 Å². The lowest BCUT2D eigenvalue weighted by Gasteiger charge is -2.31. The van der Waals surface area contributed by atoms with Gasteiger partial charge in [0.25, 0.3) is 0 Å². The van der Waals surface area contributed by atoms with E-state index in [1.807, 2.05) is 6.20 Å². The number of amides is 2. The summed E-state index contributed by atoms with van der Waals surface area (Å²) < 4.78 is 3.40. The smallest absolute Gasteiger partial charge is 0.245 e. The van der Waals surface area contributed by atoms with Gasteiger partial charge in [-0.05, 0) is 94.8 Å². The van der Waals surface area contributed by atoms with E-state index in [1.165, 1.54) is 116 Å². The summed E-state index contributed by atoms with van der Waals surface area (Å²) in [7, 11) is 0. The van der Waals surface area contributed by atoms with Crippen molar-refractivity contribution in [2.75, 3.05) is 0 Å². The Balaban J connectivity index is 0.000000203. The highest BCUT2D eigenvalue weighted by atomic mass is 35.5. The van der Waals surface area contributed by atoms with Crippen LogP contribution in [-0.2, 0) is 25.5 Å². The van der Waals surface area contributed by atoms with E-state index in [0.717, 1.165) is 80.9 Å². The third-order valence-electron chi connectivity index (χ3n) is 13.8. The van der Waals surface area contributed by atoms with E-state index >= 15 is 0 Å². The zero-order chi connectivity index (χ0) is 37.3. The van der Waals surface area contributed by atoms with Crippen LogP contribution in [0.25, 0.3) is 0 Å². The van der Waals surface area contributed by atoms with Crippen molar-refractivity contribution in [1.29, 1.82) is 0 Å². The summed E-state index contributed by atoms with van der Waals surface area (Å²) in [4.78, 5) is 33.5. The molecule has 0 aromatic carbocycles. The lowest BCUT2D eigenvalue weighted by molar-refractivity contribution is -0.123. The van der Waals surface area contributed by atoms with Gasteiger partial charge in [-0.25, -0.2) is 9.36 Å². The zero-order valence-electron chi connectivity index (χ0n) is 32.6. The summed E-state index contributed by atoms with van der Waals surface area (Å²) in [5.74, 6) is 2.47. The Morgan fingerprint density at radius 1 is 0.673 bits per heavy atom. The summed E-state index contributed by atoms with van der Waals surface area (Å²) >= 11 is 0. The first-order valence-electron chi connectivity index (χ1n) is 21.4. The van der Waals surface area contributed by atoms with Gasteiger partial charge in [-0.2, -0.15) is 0 Å². The highest BCUT2D eigenvalue weighted by Crippen LogP contribution is 2.45. The molecule has 0 bridgehead atoms.